The van der Waals surface area contributed by atoms with E-state index in [4.69, 9.17) is 10.5 Å². The zero-order valence-corrected chi connectivity index (χ0v) is 13.2. The molecule has 1 rings (SSSR count). The van der Waals surface area contributed by atoms with E-state index >= 15 is 0 Å². The number of nitrogens with one attached hydrogen (secondary N) is 1. The minimum atomic E-state index is 0.0670. The van der Waals surface area contributed by atoms with Gasteiger partial charge in [-0.3, -0.25) is 0 Å². The van der Waals surface area contributed by atoms with Gasteiger partial charge in [0.15, 0.2) is 0 Å². The second kappa shape index (κ2) is 6.55. The summed E-state index contributed by atoms with van der Waals surface area (Å²) in [5.41, 5.74) is 6.94. The van der Waals surface area contributed by atoms with Crippen molar-refractivity contribution in [3.8, 4) is 5.75 Å². The molecule has 1 atom stereocenters. The van der Waals surface area contributed by atoms with Gasteiger partial charge in [0.05, 0.1) is 7.11 Å². The van der Waals surface area contributed by atoms with E-state index in [-0.39, 0.29) is 11.5 Å². The Labute approximate surface area is 118 Å². The highest BCUT2D eigenvalue weighted by atomic mass is 79.9. The number of methoxy groups -OCH3 is 1. The topological polar surface area (TPSA) is 47.3 Å². The fraction of sp³-hybridized carbons (Fsp3) is 0.571. The van der Waals surface area contributed by atoms with Crippen LogP contribution >= 0.6 is 15.9 Å². The maximum absolute atomic E-state index is 5.72. The molecule has 1 aromatic carbocycles. The van der Waals surface area contributed by atoms with Gasteiger partial charge in [-0.05, 0) is 43.6 Å². The summed E-state index contributed by atoms with van der Waals surface area (Å²) in [6.07, 6.45) is 0.953. The third-order valence-corrected chi connectivity index (χ3v) is 3.85. The third-order valence-electron chi connectivity index (χ3n) is 3.36. The number of hydrogen-bond donors (Lipinski definition) is 2. The molecular weight excluding hydrogens is 292 g/mol. The van der Waals surface area contributed by atoms with Crippen LogP contribution in [0, 0.1) is 5.41 Å². The number of rotatable bonds is 6. The van der Waals surface area contributed by atoms with Gasteiger partial charge in [-0.25, -0.2) is 0 Å². The smallest absolute Gasteiger partial charge is 0.123 e. The maximum atomic E-state index is 5.72. The normalized spacial score (nSPS) is 13.4. The van der Waals surface area contributed by atoms with E-state index in [1.807, 2.05) is 19.2 Å². The Balaban J connectivity index is 3.19. The third kappa shape index (κ3) is 3.46. The maximum Gasteiger partial charge on any atom is 0.123 e. The van der Waals surface area contributed by atoms with Gasteiger partial charge in [0.1, 0.15) is 5.75 Å². The first-order chi connectivity index (χ1) is 8.46. The Hall–Kier alpha value is -0.580. The fourth-order valence-corrected chi connectivity index (χ4v) is 2.79. The number of nitrogens with two attached hydrogens (primary N) is 1. The van der Waals surface area contributed by atoms with Crippen LogP contribution in [0.1, 0.15) is 31.9 Å². The molecule has 0 bridgehead atoms. The molecule has 0 spiro atoms. The van der Waals surface area contributed by atoms with Crippen molar-refractivity contribution in [1.82, 2.24) is 5.32 Å². The van der Waals surface area contributed by atoms with Gasteiger partial charge in [0.25, 0.3) is 0 Å². The average Bonchev–Trinajstić information content (AvgIpc) is 2.29. The predicted molar refractivity (Wildman–Crippen MR) is 79.9 cm³/mol. The van der Waals surface area contributed by atoms with E-state index in [1.165, 1.54) is 0 Å². The van der Waals surface area contributed by atoms with E-state index in [0.29, 0.717) is 6.54 Å². The summed E-state index contributed by atoms with van der Waals surface area (Å²) in [7, 11) is 3.68. The largest absolute Gasteiger partial charge is 0.496 e. The van der Waals surface area contributed by atoms with Crippen LogP contribution in [0.4, 0.5) is 0 Å². The van der Waals surface area contributed by atoms with Crippen molar-refractivity contribution in [1.29, 1.82) is 0 Å². The average molecular weight is 315 g/mol. The SMILES string of the molecule is CNC(c1cc(Br)ccc1OC)C(C)(C)CCN. The number of benzene rings is 1. The minimum absolute atomic E-state index is 0.0670. The van der Waals surface area contributed by atoms with Gasteiger partial charge >= 0.3 is 0 Å². The molecule has 18 heavy (non-hydrogen) atoms. The molecule has 3 N–H and O–H groups in total. The molecule has 0 aliphatic heterocycles. The number of ether oxygens (including phenoxy) is 1. The first-order valence-corrected chi connectivity index (χ1v) is 6.96. The van der Waals surface area contributed by atoms with E-state index in [0.717, 1.165) is 22.2 Å². The zero-order chi connectivity index (χ0) is 13.8. The highest BCUT2D eigenvalue weighted by Crippen LogP contribution is 2.40. The Morgan fingerprint density at radius 1 is 1.44 bits per heavy atom. The lowest BCUT2D eigenvalue weighted by Crippen LogP contribution is -2.34. The Kier molecular flexibility index (Phi) is 5.63. The minimum Gasteiger partial charge on any atom is -0.496 e. The van der Waals surface area contributed by atoms with Crippen molar-refractivity contribution >= 4 is 15.9 Å². The number of halogens is 1. The van der Waals surface area contributed by atoms with Gasteiger partial charge in [-0.15, -0.1) is 0 Å². The lowest BCUT2D eigenvalue weighted by molar-refractivity contribution is 0.234. The summed E-state index contributed by atoms with van der Waals surface area (Å²) in [5.74, 6) is 0.905. The van der Waals surface area contributed by atoms with Crippen LogP contribution in [0.2, 0.25) is 0 Å². The van der Waals surface area contributed by atoms with E-state index < -0.39 is 0 Å². The molecule has 102 valence electrons. The zero-order valence-electron chi connectivity index (χ0n) is 11.6. The standard InChI is InChI=1S/C14H23BrN2O/c1-14(2,7-8-16)13(17-3)11-9-10(15)5-6-12(11)18-4/h5-6,9,13,17H,7-8,16H2,1-4H3. The van der Waals surface area contributed by atoms with Crippen molar-refractivity contribution in [3.63, 3.8) is 0 Å². The van der Waals surface area contributed by atoms with E-state index in [9.17, 15) is 0 Å². The second-order valence-electron chi connectivity index (χ2n) is 5.14. The van der Waals surface area contributed by atoms with Gasteiger partial charge in [0, 0.05) is 16.1 Å². The molecule has 0 aliphatic rings. The molecule has 0 saturated carbocycles. The van der Waals surface area contributed by atoms with Crippen LogP contribution in [0.15, 0.2) is 22.7 Å². The Morgan fingerprint density at radius 3 is 2.61 bits per heavy atom. The molecular formula is C14H23BrN2O. The quantitative estimate of drug-likeness (QED) is 0.848. The summed E-state index contributed by atoms with van der Waals surface area (Å²) in [5, 5.41) is 3.39. The summed E-state index contributed by atoms with van der Waals surface area (Å²) < 4.78 is 6.52. The predicted octanol–water partition coefficient (Wildman–Crippen LogP) is 3.09. The van der Waals surface area contributed by atoms with Crippen molar-refractivity contribution in [3.05, 3.63) is 28.2 Å². The van der Waals surface area contributed by atoms with Crippen LogP contribution in [-0.4, -0.2) is 20.7 Å². The molecule has 0 fully saturated rings. The van der Waals surface area contributed by atoms with Crippen molar-refractivity contribution < 1.29 is 4.74 Å². The highest BCUT2D eigenvalue weighted by Gasteiger charge is 2.31. The van der Waals surface area contributed by atoms with E-state index in [1.54, 1.807) is 7.11 Å². The van der Waals surface area contributed by atoms with Gasteiger partial charge in [-0.1, -0.05) is 29.8 Å². The summed E-state index contributed by atoms with van der Waals surface area (Å²) in [6, 6.07) is 6.29. The van der Waals surface area contributed by atoms with E-state index in [2.05, 4.69) is 41.2 Å². The lowest BCUT2D eigenvalue weighted by Gasteiger charge is -2.35. The molecule has 0 amide bonds. The highest BCUT2D eigenvalue weighted by molar-refractivity contribution is 9.10. The lowest BCUT2D eigenvalue weighted by atomic mass is 9.77. The first kappa shape index (κ1) is 15.5. The Bertz CT molecular complexity index is 393. The Morgan fingerprint density at radius 2 is 2.11 bits per heavy atom. The van der Waals surface area contributed by atoms with Gasteiger partial charge in [-0.2, -0.15) is 0 Å². The van der Waals surface area contributed by atoms with Crippen molar-refractivity contribution in [2.24, 2.45) is 11.1 Å². The summed E-state index contributed by atoms with van der Waals surface area (Å²) >= 11 is 3.52. The first-order valence-electron chi connectivity index (χ1n) is 6.17. The molecule has 0 radical (unpaired) electrons. The van der Waals surface area contributed by atoms with Crippen LogP contribution in [0.25, 0.3) is 0 Å². The van der Waals surface area contributed by atoms with Crippen molar-refractivity contribution in [2.75, 3.05) is 20.7 Å². The molecule has 1 aromatic rings. The molecule has 0 heterocycles. The fourth-order valence-electron chi connectivity index (χ4n) is 2.41. The van der Waals surface area contributed by atoms with Crippen LogP contribution < -0.4 is 15.8 Å². The second-order valence-corrected chi connectivity index (χ2v) is 6.05. The summed E-state index contributed by atoms with van der Waals surface area (Å²) in [6.45, 7) is 5.13. The van der Waals surface area contributed by atoms with Crippen LogP contribution in [0.3, 0.4) is 0 Å². The molecule has 4 heteroatoms. The van der Waals surface area contributed by atoms with Crippen LogP contribution in [0.5, 0.6) is 5.75 Å². The molecule has 3 nitrogen and oxygen atoms in total. The van der Waals surface area contributed by atoms with Crippen molar-refractivity contribution in [2.45, 2.75) is 26.3 Å². The molecule has 0 saturated heterocycles. The number of hydrogen-bond acceptors (Lipinski definition) is 3. The van der Waals surface area contributed by atoms with Gasteiger partial charge < -0.3 is 15.8 Å². The molecule has 0 aliphatic carbocycles. The molecule has 0 aromatic heterocycles. The monoisotopic (exact) mass is 314 g/mol. The van der Waals surface area contributed by atoms with Crippen LogP contribution in [-0.2, 0) is 0 Å². The molecule has 1 unspecified atom stereocenters. The summed E-state index contributed by atoms with van der Waals surface area (Å²) in [4.78, 5) is 0. The van der Waals surface area contributed by atoms with Gasteiger partial charge in [0.2, 0.25) is 0 Å².